The van der Waals surface area contributed by atoms with Gasteiger partial charge in [0.25, 0.3) is 0 Å². The van der Waals surface area contributed by atoms with Gasteiger partial charge in [-0.1, -0.05) is 0 Å². The van der Waals surface area contributed by atoms with Crippen molar-refractivity contribution in [2.45, 2.75) is 0 Å². The summed E-state index contributed by atoms with van der Waals surface area (Å²) in [4.78, 5) is 0. The van der Waals surface area contributed by atoms with Crippen LogP contribution in [0.25, 0.3) is 0 Å². The number of hydrogen-bond acceptors (Lipinski definition) is 2. The zero-order valence-corrected chi connectivity index (χ0v) is 24.6. The van der Waals surface area contributed by atoms with Crippen LogP contribution in [0.5, 0.6) is 0 Å². The first-order valence-corrected chi connectivity index (χ1v) is 10.8. The molecule has 0 rings (SSSR count). The fourth-order valence-corrected chi connectivity index (χ4v) is 0.914. The first-order valence-electron chi connectivity index (χ1n) is 10.8. The van der Waals surface area contributed by atoms with Gasteiger partial charge < -0.3 is 5.21 Å². The molecule has 0 saturated heterocycles. The molecule has 55 heavy (non-hydrogen) atoms. The van der Waals surface area contributed by atoms with E-state index in [4.69, 9.17) is 10.7 Å². The van der Waals surface area contributed by atoms with Crippen LogP contribution in [0.4, 0.5) is 0 Å². The Balaban J connectivity index is 4.07. The Hall–Kier alpha value is -11.0. The van der Waals surface area contributed by atoms with E-state index in [0.29, 0.717) is 0 Å². The molecule has 55 heteroatoms. The van der Waals surface area contributed by atoms with Crippen LogP contribution in [-0.2, 0) is 0 Å². The highest BCUT2D eigenvalue weighted by Gasteiger charge is 1.75. The van der Waals surface area contributed by atoms with Gasteiger partial charge in [0.1, 0.15) is 0 Å². The van der Waals surface area contributed by atoms with Crippen LogP contribution >= 0.6 is 0 Å². The SMILES string of the molecule is N=N/N=N/N=N/N=N/N=N/N=N/N=N/N=N/N=N/N=N/N=N/N=N/N=N/N=N/N=N/N=N/N=N/N=N/N=N/N=N/N=N/N=N/N=N/N=N/N=N/N=N/N=N/O. The summed E-state index contributed by atoms with van der Waals surface area (Å²) in [6, 6.07) is 0. The highest BCUT2D eigenvalue weighted by molar-refractivity contribution is 4.18. The smallest absolute Gasteiger partial charge is 0.0466 e. The van der Waals surface area contributed by atoms with Gasteiger partial charge in [-0.25, -0.2) is 0 Å². The summed E-state index contributed by atoms with van der Waals surface area (Å²) in [7, 11) is 0. The van der Waals surface area contributed by atoms with E-state index in [2.05, 4.69) is 277 Å². The summed E-state index contributed by atoms with van der Waals surface area (Å²) >= 11 is 0. The Morgan fingerprint density at radius 1 is 0.145 bits per heavy atom. The summed E-state index contributed by atoms with van der Waals surface area (Å²) in [6.07, 6.45) is 0. The average molecular weight is 774 g/mol. The van der Waals surface area contributed by atoms with E-state index in [9.17, 15) is 0 Å². The lowest BCUT2D eigenvalue weighted by molar-refractivity contribution is 0.280. The minimum atomic E-state index is 2.25. The number of hydrogen-bond donors (Lipinski definition) is 2. The van der Waals surface area contributed by atoms with Crippen LogP contribution in [0.15, 0.2) is 277 Å². The van der Waals surface area contributed by atoms with Crippen molar-refractivity contribution in [3.8, 4) is 0 Å². The van der Waals surface area contributed by atoms with Crippen LogP contribution in [0, 0.1) is 5.53 Å². The summed E-state index contributed by atoms with van der Waals surface area (Å²) in [5.41, 5.74) is 6.25. The van der Waals surface area contributed by atoms with Crippen molar-refractivity contribution < 1.29 is 5.21 Å². The Morgan fingerprint density at radius 2 is 0.236 bits per heavy atom. The summed E-state index contributed by atoms with van der Waals surface area (Å²) in [5, 5.41) is 164. The Morgan fingerprint density at radius 3 is 0.327 bits per heavy atom. The van der Waals surface area contributed by atoms with Crippen molar-refractivity contribution in [1.82, 2.24) is 0 Å². The van der Waals surface area contributed by atoms with Gasteiger partial charge in [-0.15, -0.1) is 0 Å². The second-order valence-corrected chi connectivity index (χ2v) is 4.75. The standard InChI is InChI=1S/H2N54O/c1-2-3-4-5-6-7-8-9-10-11-12-13-14-15-16-17-18-19-20-21-22-23-24-25-26-27-28-29-30-31-32-33-34-35-36-37-38-39-40-41-42-43-44-45-46-47-48-49-50-51-52-53-54-55/h(H2,1,3,5,7,9,11,13,15,17,19,21,23,25,27,29,31,33,35,37,39,41,43,45,47,49,51,53,55). The molecule has 0 unspecified atom stereocenters. The molecular formula is H2N54O. The molecular weight excluding hydrogens is 772 g/mol. The molecule has 0 aromatic rings. The van der Waals surface area contributed by atoms with Gasteiger partial charge in [0.2, 0.25) is 0 Å². The molecule has 0 fully saturated rings. The zero-order valence-electron chi connectivity index (χ0n) is 24.6. The van der Waals surface area contributed by atoms with Crippen molar-refractivity contribution in [1.29, 1.82) is 5.53 Å². The molecule has 0 aromatic carbocycles. The fourth-order valence-electron chi connectivity index (χ4n) is 0.914. The van der Waals surface area contributed by atoms with Crippen LogP contribution < -0.4 is 0 Å². The maximum absolute atomic E-state index is 7.88. The van der Waals surface area contributed by atoms with Gasteiger partial charge in [-0.2, -0.15) is 5.53 Å². The van der Waals surface area contributed by atoms with Crippen molar-refractivity contribution in [2.24, 2.45) is 277 Å². The third-order valence-corrected chi connectivity index (χ3v) is 2.08. The summed E-state index contributed by atoms with van der Waals surface area (Å²) in [5.74, 6) is 0. The van der Waals surface area contributed by atoms with E-state index >= 15 is 0 Å². The average Bonchev–Trinajstić information content (AvgIpc) is 3.20. The van der Waals surface area contributed by atoms with Crippen LogP contribution in [-0.4, -0.2) is 5.21 Å². The monoisotopic (exact) mass is 774 g/mol. The van der Waals surface area contributed by atoms with Gasteiger partial charge in [0, 0.05) is 235 Å². The molecule has 0 heterocycles. The van der Waals surface area contributed by atoms with Crippen molar-refractivity contribution in [3.63, 3.8) is 0 Å². The first-order chi connectivity index (χ1) is 27.4. The molecule has 0 bridgehead atoms. The second kappa shape index (κ2) is 43.0. The lowest BCUT2D eigenvalue weighted by Gasteiger charge is -1.70. The van der Waals surface area contributed by atoms with E-state index in [1.165, 1.54) is 0 Å². The van der Waals surface area contributed by atoms with E-state index in [0.717, 1.165) is 0 Å². The topological polar surface area (TPSA) is 699 Å². The third kappa shape index (κ3) is 43.0. The molecule has 0 aliphatic heterocycles. The van der Waals surface area contributed by atoms with Crippen LogP contribution in [0.1, 0.15) is 0 Å². The molecule has 0 spiro atoms. The fraction of sp³-hybridized carbons (Fsp3) is 0. The zero-order chi connectivity index (χ0) is 39.5. The van der Waals surface area contributed by atoms with Crippen molar-refractivity contribution in [3.05, 3.63) is 0 Å². The molecule has 0 aliphatic carbocycles. The second-order valence-electron chi connectivity index (χ2n) is 4.75. The van der Waals surface area contributed by atoms with Crippen molar-refractivity contribution >= 4 is 0 Å². The molecule has 0 amide bonds. The highest BCUT2D eigenvalue weighted by Crippen LogP contribution is 1.93. The molecule has 278 valence electrons. The van der Waals surface area contributed by atoms with E-state index in [1.54, 1.807) is 0 Å². The van der Waals surface area contributed by atoms with E-state index < -0.39 is 0 Å². The van der Waals surface area contributed by atoms with Gasteiger partial charge >= 0.3 is 0 Å². The number of rotatable bonds is 26. The van der Waals surface area contributed by atoms with Crippen molar-refractivity contribution in [2.75, 3.05) is 0 Å². The predicted molar refractivity (Wildman–Crippen MR) is 133 cm³/mol. The third-order valence-electron chi connectivity index (χ3n) is 2.08. The lowest BCUT2D eigenvalue weighted by Crippen LogP contribution is -1.52. The molecule has 0 aromatic heterocycles. The minimum Gasteiger partial charge on any atom is -0.393 e. The largest absolute Gasteiger partial charge is 0.393 e. The normalized spacial score (nSPS) is 15.3. The molecule has 55 nitrogen and oxygen atoms in total. The maximum atomic E-state index is 7.88. The van der Waals surface area contributed by atoms with E-state index in [1.807, 2.05) is 0 Å². The van der Waals surface area contributed by atoms with Gasteiger partial charge in [-0.05, 0) is 41.8 Å². The summed E-state index contributed by atoms with van der Waals surface area (Å²) in [6.45, 7) is 0. The molecule has 0 atom stereocenters. The number of nitrogens with zero attached hydrogens (tertiary/aromatic N) is 53. The lowest BCUT2D eigenvalue weighted by atomic mass is 12.3. The Bertz CT molecular complexity index is 1780. The predicted octanol–water partition coefficient (Wildman–Crippen LogP) is 9.95. The Kier molecular flexibility index (Phi) is 34.4. The van der Waals surface area contributed by atoms with Gasteiger partial charge in [0.05, 0.1) is 0 Å². The van der Waals surface area contributed by atoms with E-state index in [-0.39, 0.29) is 0 Å². The first kappa shape index (κ1) is 44.0. The van der Waals surface area contributed by atoms with Gasteiger partial charge in [-0.3, -0.25) is 0 Å². The quantitative estimate of drug-likeness (QED) is 0.0628. The van der Waals surface area contributed by atoms with Crippen LogP contribution in [0.3, 0.4) is 0 Å². The maximum Gasteiger partial charge on any atom is 0.0466 e. The molecule has 2 N–H and O–H groups in total. The molecule has 0 saturated carbocycles. The number of nitrogens with one attached hydrogen (secondary N) is 1. The highest BCUT2D eigenvalue weighted by atomic mass is 16.5. The Labute approximate surface area is 288 Å². The van der Waals surface area contributed by atoms with Crippen LogP contribution in [0.2, 0.25) is 0 Å². The minimum absolute atomic E-state index is 2.25. The summed E-state index contributed by atoms with van der Waals surface area (Å²) < 4.78 is 0. The van der Waals surface area contributed by atoms with Gasteiger partial charge in [0.15, 0.2) is 0 Å². The molecule has 0 radical (unpaired) electrons. The molecule has 0 aliphatic rings.